The molecule has 420 valence electrons. The van der Waals surface area contributed by atoms with Gasteiger partial charge in [0.2, 0.25) is 0 Å². The van der Waals surface area contributed by atoms with Crippen molar-refractivity contribution in [1.82, 2.24) is 19.8 Å². The van der Waals surface area contributed by atoms with Crippen molar-refractivity contribution < 1.29 is 76.3 Å². The maximum Gasteiger partial charge on any atom is 0.323 e. The molecule has 0 saturated carbocycles. The van der Waals surface area contributed by atoms with Crippen LogP contribution in [-0.2, 0) is 76.3 Å². The number of hydrogen-bond acceptors (Lipinski definition) is 20. The van der Waals surface area contributed by atoms with E-state index in [0.29, 0.717) is 26.2 Å². The van der Waals surface area contributed by atoms with Crippen LogP contribution in [0.5, 0.6) is 0 Å². The minimum atomic E-state index is -2.04. The average Bonchev–Trinajstić information content (AvgIpc) is 3.28. The van der Waals surface area contributed by atoms with Crippen LogP contribution in [-0.4, -0.2) is 177 Å². The number of esters is 8. The van der Waals surface area contributed by atoms with E-state index in [2.05, 4.69) is 66.0 Å². The van der Waals surface area contributed by atoms with Crippen LogP contribution in [0.1, 0.15) is 121 Å². The van der Waals surface area contributed by atoms with Crippen LogP contribution in [0.15, 0.2) is 0 Å². The highest BCUT2D eigenvalue weighted by Crippen LogP contribution is 2.24. The third-order valence-electron chi connectivity index (χ3n) is 11.0. The smallest absolute Gasteiger partial charge is 0.323 e. The maximum absolute atomic E-state index is 13.0. The van der Waals surface area contributed by atoms with Crippen molar-refractivity contribution in [2.75, 3.05) is 79.0 Å². The summed E-state index contributed by atoms with van der Waals surface area (Å²) in [6.07, 6.45) is 2.92. The molecule has 0 aliphatic rings. The fraction of sp³-hybridized carbons (Fsp3) is 0.840. The molecule has 0 aromatic rings. The molecule has 0 aliphatic heterocycles. The lowest BCUT2D eigenvalue weighted by molar-refractivity contribution is -0.154. The van der Waals surface area contributed by atoms with Crippen LogP contribution in [0.25, 0.3) is 0 Å². The van der Waals surface area contributed by atoms with E-state index in [9.17, 15) is 38.4 Å². The van der Waals surface area contributed by atoms with E-state index in [1.807, 2.05) is 6.92 Å². The first-order valence-corrected chi connectivity index (χ1v) is 33.0. The molecule has 0 aliphatic carbocycles. The Balaban J connectivity index is 0. The van der Waals surface area contributed by atoms with Gasteiger partial charge in [-0.1, -0.05) is 53.1 Å². The Kier molecular flexibility index (Phi) is 38.5. The summed E-state index contributed by atoms with van der Waals surface area (Å²) in [7, 11) is -4.07. The predicted octanol–water partition coefficient (Wildman–Crippen LogP) is 5.80. The largest absolute Gasteiger partial charge is 0.466 e. The summed E-state index contributed by atoms with van der Waals surface area (Å²) in [4.78, 5) is 98.3. The number of nitrogens with one attached hydrogen (secondary N) is 2. The van der Waals surface area contributed by atoms with E-state index in [4.69, 9.17) is 37.9 Å². The highest BCUT2D eigenvalue weighted by Gasteiger charge is 2.40. The van der Waals surface area contributed by atoms with Crippen molar-refractivity contribution in [2.45, 2.75) is 184 Å². The van der Waals surface area contributed by atoms with E-state index >= 15 is 0 Å². The quantitative estimate of drug-likeness (QED) is 0.0321. The van der Waals surface area contributed by atoms with Crippen LogP contribution in [0, 0.1) is 11.8 Å². The molecule has 0 aromatic heterocycles. The van der Waals surface area contributed by atoms with Crippen LogP contribution in [0.2, 0.25) is 39.3 Å². The zero-order valence-electron chi connectivity index (χ0n) is 47.0. The number of hydrogen-bond donors (Lipinski definition) is 2. The van der Waals surface area contributed by atoms with Gasteiger partial charge in [-0.15, -0.1) is 0 Å². The molecule has 0 fully saturated rings. The fourth-order valence-corrected chi connectivity index (χ4v) is 11.6. The van der Waals surface area contributed by atoms with Gasteiger partial charge in [-0.05, 0) is 119 Å². The molecule has 0 bridgehead atoms. The van der Waals surface area contributed by atoms with Gasteiger partial charge in [0.1, 0.15) is 40.6 Å². The zero-order chi connectivity index (χ0) is 55.5. The number of carbonyl (C=O) groups is 8. The first-order valence-electron chi connectivity index (χ1n) is 26.1. The summed E-state index contributed by atoms with van der Waals surface area (Å²) in [6, 6.07) is -2.88. The lowest BCUT2D eigenvalue weighted by Crippen LogP contribution is -2.57. The van der Waals surface area contributed by atoms with E-state index in [1.165, 1.54) is 0 Å². The first-order chi connectivity index (χ1) is 33.8. The molecule has 0 aromatic carbocycles. The lowest BCUT2D eigenvalue weighted by Gasteiger charge is -2.41. The topological polar surface area (TPSA) is 241 Å². The van der Waals surface area contributed by atoms with Gasteiger partial charge in [-0.25, -0.2) is 0 Å². The monoisotopic (exact) mass is 1060 g/mol. The molecule has 0 heterocycles. The third kappa shape index (κ3) is 31.6. The van der Waals surface area contributed by atoms with Crippen LogP contribution in [0.4, 0.5) is 0 Å². The van der Waals surface area contributed by atoms with E-state index < -0.39 is 88.4 Å². The second kappa shape index (κ2) is 39.5. The summed E-state index contributed by atoms with van der Waals surface area (Å²) in [5.74, 6) is -3.08. The van der Waals surface area contributed by atoms with Gasteiger partial charge in [-0.3, -0.25) is 38.4 Å². The second-order valence-electron chi connectivity index (χ2n) is 19.2. The molecule has 22 heteroatoms. The molecular weight excluding hydrogens is 969 g/mol. The van der Waals surface area contributed by atoms with Gasteiger partial charge in [0.05, 0.1) is 78.5 Å². The molecule has 0 rings (SSSR count). The molecule has 0 radical (unpaired) electrons. The van der Waals surface area contributed by atoms with Crippen LogP contribution < -0.4 is 10.6 Å². The molecule has 72 heavy (non-hydrogen) atoms. The predicted molar refractivity (Wildman–Crippen MR) is 280 cm³/mol. The zero-order valence-corrected chi connectivity index (χ0v) is 49.0. The van der Waals surface area contributed by atoms with E-state index in [1.54, 1.807) is 55.4 Å². The molecule has 6 unspecified atom stereocenters. The molecule has 0 spiro atoms. The van der Waals surface area contributed by atoms with Crippen LogP contribution in [0.3, 0.4) is 0 Å². The average molecular weight is 1070 g/mol. The Morgan fingerprint density at radius 1 is 0.417 bits per heavy atom. The minimum absolute atomic E-state index is 0.0367. The third-order valence-corrected chi connectivity index (χ3v) is 15.5. The van der Waals surface area contributed by atoms with Gasteiger partial charge in [0.15, 0.2) is 0 Å². The summed E-state index contributed by atoms with van der Waals surface area (Å²) >= 11 is 0. The Morgan fingerprint density at radius 2 is 0.750 bits per heavy atom. The molecule has 20 nitrogen and oxygen atoms in total. The van der Waals surface area contributed by atoms with Gasteiger partial charge in [0, 0.05) is 0 Å². The van der Waals surface area contributed by atoms with Crippen molar-refractivity contribution in [2.24, 2.45) is 11.8 Å². The number of carbonyl (C=O) groups excluding carboxylic acids is 8. The highest BCUT2D eigenvalue weighted by atomic mass is 28.3. The standard InChI is InChI=1S/C28H56N2O8Si2.C22H40N2O8/c1-12-35-25(31)19-23(27(33)37-14-3)29(39(6,7)8)18-16-17-22(5)21-30(40(9,10)11)24(28(34)38-15-4)20-26(32)36-13-2;1-6-29-19(25)13-17(21(27)31-8-3)23-12-10-11-16(5)15-24-18(22(28)32-9-4)14-20(26)30-7-2/h22-24H,12-21H2,1-11H3;16-18,23-24H,6-15H2,1-5H3. The van der Waals surface area contributed by atoms with E-state index in [-0.39, 0.29) is 90.4 Å². The molecule has 0 amide bonds. The van der Waals surface area contributed by atoms with Gasteiger partial charge >= 0.3 is 47.8 Å². The first kappa shape index (κ1) is 70.1. The van der Waals surface area contributed by atoms with Gasteiger partial charge in [-0.2, -0.15) is 0 Å². The number of nitrogens with zero attached hydrogens (tertiary/aromatic N) is 2. The number of ether oxygens (including phenoxy) is 8. The SMILES string of the molecule is CCOC(=O)CC(C(=O)OCC)N(CCCC(C)CN(C(CC(=O)OCC)C(=O)OCC)[Si](C)(C)C)[Si](C)(C)C.CCOC(=O)CC(NCCCC(C)CNC(CC(=O)OCC)C(=O)OCC)C(=O)OCC. The lowest BCUT2D eigenvalue weighted by atomic mass is 10.0. The normalized spacial score (nSPS) is 14.0. The van der Waals surface area contributed by atoms with Crippen molar-refractivity contribution in [3.05, 3.63) is 0 Å². The summed E-state index contributed by atoms with van der Waals surface area (Å²) < 4.78 is 45.2. The molecule has 2 N–H and O–H groups in total. The molecule has 6 atom stereocenters. The second-order valence-corrected chi connectivity index (χ2v) is 29.1. The Morgan fingerprint density at radius 3 is 1.12 bits per heavy atom. The van der Waals surface area contributed by atoms with Crippen molar-refractivity contribution in [1.29, 1.82) is 0 Å². The van der Waals surface area contributed by atoms with Crippen molar-refractivity contribution in [3.63, 3.8) is 0 Å². The number of rotatable bonds is 38. The maximum atomic E-state index is 13.0. The Bertz CT molecular complexity index is 1590. The summed E-state index contributed by atoms with van der Waals surface area (Å²) in [5, 5.41) is 6.15. The van der Waals surface area contributed by atoms with Gasteiger partial charge < -0.3 is 57.7 Å². The highest BCUT2D eigenvalue weighted by molar-refractivity contribution is 6.74. The fourth-order valence-electron chi connectivity index (χ4n) is 7.65. The Labute approximate surface area is 433 Å². The van der Waals surface area contributed by atoms with Crippen molar-refractivity contribution >= 4 is 64.2 Å². The Hall–Kier alpha value is -3.97. The van der Waals surface area contributed by atoms with Crippen LogP contribution >= 0.6 is 0 Å². The summed E-state index contributed by atoms with van der Waals surface area (Å²) in [5.41, 5.74) is 0. The minimum Gasteiger partial charge on any atom is -0.466 e. The summed E-state index contributed by atoms with van der Waals surface area (Å²) in [6.45, 7) is 35.2. The molecular formula is C50H96N4O16Si2. The molecule has 0 saturated heterocycles. The van der Waals surface area contributed by atoms with Gasteiger partial charge in [0.25, 0.3) is 0 Å². The van der Waals surface area contributed by atoms with E-state index in [0.717, 1.165) is 25.7 Å². The van der Waals surface area contributed by atoms with Crippen molar-refractivity contribution in [3.8, 4) is 0 Å².